The first kappa shape index (κ1) is 15.7. The second-order valence-electron chi connectivity index (χ2n) is 5.73. The Kier molecular flexibility index (Phi) is 5.93. The molecule has 0 unspecified atom stereocenters. The smallest absolute Gasteiger partial charge is 0.216 e. The van der Waals surface area contributed by atoms with Gasteiger partial charge < -0.3 is 9.73 Å². The van der Waals surface area contributed by atoms with Crippen molar-refractivity contribution in [2.45, 2.75) is 52.5 Å². The Hall–Kier alpha value is -1.68. The minimum absolute atomic E-state index is 0.525. The van der Waals surface area contributed by atoms with E-state index < -0.39 is 0 Å². The molecule has 0 aliphatic carbocycles. The molecule has 2 aromatic rings. The largest absolute Gasteiger partial charge is 0.425 e. The minimum Gasteiger partial charge on any atom is -0.425 e. The van der Waals surface area contributed by atoms with E-state index in [1.54, 1.807) is 0 Å². The van der Waals surface area contributed by atoms with E-state index in [0.717, 1.165) is 44.0 Å². The summed E-state index contributed by atoms with van der Waals surface area (Å²) in [6, 6.07) is 8.95. The summed E-state index contributed by atoms with van der Waals surface area (Å²) >= 11 is 0. The molecule has 2 rings (SSSR count). The number of aromatic nitrogens is 2. The Labute approximate surface area is 127 Å². The summed E-state index contributed by atoms with van der Waals surface area (Å²) in [6.45, 7) is 7.42. The van der Waals surface area contributed by atoms with E-state index >= 15 is 0 Å². The molecule has 0 bridgehead atoms. The maximum atomic E-state index is 5.70. The molecule has 0 saturated carbocycles. The van der Waals surface area contributed by atoms with Crippen LogP contribution in [-0.2, 0) is 19.3 Å². The van der Waals surface area contributed by atoms with Gasteiger partial charge in [0.1, 0.15) is 0 Å². The Bertz CT molecular complexity index is 548. The number of rotatable bonds is 8. The summed E-state index contributed by atoms with van der Waals surface area (Å²) in [5.41, 5.74) is 2.66. The van der Waals surface area contributed by atoms with Crippen molar-refractivity contribution in [3.8, 4) is 0 Å². The van der Waals surface area contributed by atoms with Gasteiger partial charge in [0, 0.05) is 18.9 Å². The van der Waals surface area contributed by atoms with E-state index in [9.17, 15) is 0 Å². The highest BCUT2D eigenvalue weighted by molar-refractivity contribution is 5.25. The lowest BCUT2D eigenvalue weighted by Crippen LogP contribution is -2.23. The van der Waals surface area contributed by atoms with Crippen molar-refractivity contribution in [1.29, 1.82) is 0 Å². The lowest BCUT2D eigenvalue weighted by Gasteiger charge is -2.05. The lowest BCUT2D eigenvalue weighted by molar-refractivity contribution is 0.438. The summed E-state index contributed by atoms with van der Waals surface area (Å²) in [6.07, 6.45) is 3.63. The van der Waals surface area contributed by atoms with Crippen LogP contribution < -0.4 is 5.32 Å². The van der Waals surface area contributed by atoms with Gasteiger partial charge in [-0.05, 0) is 37.4 Å². The van der Waals surface area contributed by atoms with Gasteiger partial charge in [0.25, 0.3) is 0 Å². The summed E-state index contributed by atoms with van der Waals surface area (Å²) in [7, 11) is 0. The van der Waals surface area contributed by atoms with Crippen LogP contribution in [0.25, 0.3) is 0 Å². The van der Waals surface area contributed by atoms with Crippen molar-refractivity contribution in [1.82, 2.24) is 15.5 Å². The zero-order chi connectivity index (χ0) is 15.1. The van der Waals surface area contributed by atoms with E-state index in [-0.39, 0.29) is 0 Å². The maximum absolute atomic E-state index is 5.70. The molecule has 0 aliphatic rings. The highest BCUT2D eigenvalue weighted by atomic mass is 16.4. The fourth-order valence-corrected chi connectivity index (χ4v) is 2.25. The summed E-state index contributed by atoms with van der Waals surface area (Å²) in [5.74, 6) is 1.49. The molecule has 0 aliphatic heterocycles. The first-order valence-corrected chi connectivity index (χ1v) is 7.74. The predicted molar refractivity (Wildman–Crippen MR) is 84.3 cm³/mol. The number of benzene rings is 1. The molecule has 4 nitrogen and oxygen atoms in total. The summed E-state index contributed by atoms with van der Waals surface area (Å²) in [4.78, 5) is 0. The van der Waals surface area contributed by atoms with Gasteiger partial charge in [-0.3, -0.25) is 0 Å². The molecule has 0 amide bonds. The van der Waals surface area contributed by atoms with Gasteiger partial charge in [0.2, 0.25) is 11.8 Å². The zero-order valence-electron chi connectivity index (χ0n) is 13.2. The maximum Gasteiger partial charge on any atom is 0.216 e. The van der Waals surface area contributed by atoms with E-state index in [1.165, 1.54) is 11.1 Å². The van der Waals surface area contributed by atoms with Crippen LogP contribution in [0.2, 0.25) is 0 Å². The summed E-state index contributed by atoms with van der Waals surface area (Å²) < 4.78 is 5.70. The highest BCUT2D eigenvalue weighted by Crippen LogP contribution is 2.11. The molecule has 1 N–H and O–H groups in total. The Morgan fingerprint density at radius 3 is 2.48 bits per heavy atom. The molecule has 0 spiro atoms. The van der Waals surface area contributed by atoms with Crippen LogP contribution in [0.5, 0.6) is 0 Å². The molecule has 0 saturated heterocycles. The Morgan fingerprint density at radius 1 is 1.05 bits per heavy atom. The average Bonchev–Trinajstić information content (AvgIpc) is 2.90. The van der Waals surface area contributed by atoms with Crippen molar-refractivity contribution in [2.75, 3.05) is 6.54 Å². The Morgan fingerprint density at radius 2 is 1.76 bits per heavy atom. The zero-order valence-corrected chi connectivity index (χ0v) is 13.2. The third-order valence-electron chi connectivity index (χ3n) is 3.50. The van der Waals surface area contributed by atoms with Crippen LogP contribution in [0.15, 0.2) is 28.7 Å². The standard InChI is InChI=1S/C17H25N3O/c1-13(2)18-12-6-9-16-19-20-17(21-16)11-10-15-8-5-4-7-14(15)3/h4-5,7-8,13,18H,6,9-12H2,1-3H3. The fraction of sp³-hybridized carbons (Fsp3) is 0.529. The second kappa shape index (κ2) is 7.93. The molecule has 1 heterocycles. The molecule has 1 aromatic heterocycles. The van der Waals surface area contributed by atoms with Gasteiger partial charge in [-0.15, -0.1) is 10.2 Å². The van der Waals surface area contributed by atoms with Gasteiger partial charge >= 0.3 is 0 Å². The van der Waals surface area contributed by atoms with Crippen molar-refractivity contribution in [3.05, 3.63) is 47.2 Å². The third-order valence-corrected chi connectivity index (χ3v) is 3.50. The van der Waals surface area contributed by atoms with Crippen LogP contribution >= 0.6 is 0 Å². The SMILES string of the molecule is Cc1ccccc1CCc1nnc(CCCNC(C)C)o1. The number of hydrogen-bond acceptors (Lipinski definition) is 4. The topological polar surface area (TPSA) is 51.0 Å². The molecular formula is C17H25N3O. The van der Waals surface area contributed by atoms with Crippen molar-refractivity contribution >= 4 is 0 Å². The van der Waals surface area contributed by atoms with Gasteiger partial charge in [-0.1, -0.05) is 38.1 Å². The average molecular weight is 287 g/mol. The monoisotopic (exact) mass is 287 g/mol. The third kappa shape index (κ3) is 5.31. The highest BCUT2D eigenvalue weighted by Gasteiger charge is 2.07. The van der Waals surface area contributed by atoms with E-state index in [2.05, 4.69) is 60.6 Å². The molecular weight excluding hydrogens is 262 g/mol. The van der Waals surface area contributed by atoms with Crippen LogP contribution in [0.4, 0.5) is 0 Å². The number of nitrogens with zero attached hydrogens (tertiary/aromatic N) is 2. The molecule has 0 radical (unpaired) electrons. The van der Waals surface area contributed by atoms with Crippen LogP contribution in [0, 0.1) is 6.92 Å². The number of nitrogens with one attached hydrogen (secondary N) is 1. The first-order chi connectivity index (χ1) is 10.1. The molecule has 4 heteroatoms. The number of aryl methyl sites for hydroxylation is 4. The predicted octanol–water partition coefficient (Wildman–Crippen LogP) is 3.09. The Balaban J connectivity index is 1.77. The summed E-state index contributed by atoms with van der Waals surface area (Å²) in [5, 5.41) is 11.6. The van der Waals surface area contributed by atoms with Crippen LogP contribution in [-0.4, -0.2) is 22.8 Å². The van der Waals surface area contributed by atoms with Gasteiger partial charge in [-0.25, -0.2) is 0 Å². The second-order valence-corrected chi connectivity index (χ2v) is 5.73. The van der Waals surface area contributed by atoms with Gasteiger partial charge in [0.05, 0.1) is 0 Å². The van der Waals surface area contributed by atoms with Crippen LogP contribution in [0.1, 0.15) is 43.2 Å². The van der Waals surface area contributed by atoms with E-state index in [0.29, 0.717) is 6.04 Å². The molecule has 0 fully saturated rings. The molecule has 114 valence electrons. The van der Waals surface area contributed by atoms with Crippen LogP contribution in [0.3, 0.4) is 0 Å². The molecule has 21 heavy (non-hydrogen) atoms. The van der Waals surface area contributed by atoms with E-state index in [1.807, 2.05) is 0 Å². The van der Waals surface area contributed by atoms with Crippen molar-refractivity contribution in [2.24, 2.45) is 0 Å². The first-order valence-electron chi connectivity index (χ1n) is 7.74. The van der Waals surface area contributed by atoms with Crippen molar-refractivity contribution < 1.29 is 4.42 Å². The number of hydrogen-bond donors (Lipinski definition) is 1. The van der Waals surface area contributed by atoms with Gasteiger partial charge in [0.15, 0.2) is 0 Å². The quantitative estimate of drug-likeness (QED) is 0.758. The molecule has 1 aromatic carbocycles. The van der Waals surface area contributed by atoms with E-state index in [4.69, 9.17) is 4.42 Å². The van der Waals surface area contributed by atoms with Gasteiger partial charge in [-0.2, -0.15) is 0 Å². The fourth-order valence-electron chi connectivity index (χ4n) is 2.25. The minimum atomic E-state index is 0.525. The normalized spacial score (nSPS) is 11.2. The van der Waals surface area contributed by atoms with Crippen molar-refractivity contribution in [3.63, 3.8) is 0 Å². The molecule has 0 atom stereocenters. The lowest BCUT2D eigenvalue weighted by atomic mass is 10.0.